The molecule has 2 aromatic carbocycles. The summed E-state index contributed by atoms with van der Waals surface area (Å²) in [5, 5.41) is 29.2. The first-order valence-electron chi connectivity index (χ1n) is 8.32. The molecule has 0 radical (unpaired) electrons. The zero-order chi connectivity index (χ0) is 21.1. The molecule has 0 atom stereocenters. The third-order valence-electron chi connectivity index (χ3n) is 4.16. The molecule has 0 aliphatic carbocycles. The maximum absolute atomic E-state index is 12.5. The van der Waals surface area contributed by atoms with Crippen LogP contribution in [0.4, 0.5) is 5.69 Å². The van der Waals surface area contributed by atoms with Crippen LogP contribution in [0.1, 0.15) is 42.5 Å². The van der Waals surface area contributed by atoms with E-state index in [0.29, 0.717) is 17.3 Å². The highest BCUT2D eigenvalue weighted by molar-refractivity contribution is 6.30. The van der Waals surface area contributed by atoms with E-state index >= 15 is 0 Å². The Morgan fingerprint density at radius 2 is 1.79 bits per heavy atom. The van der Waals surface area contributed by atoms with Crippen LogP contribution >= 0.6 is 11.6 Å². The summed E-state index contributed by atoms with van der Waals surface area (Å²) in [4.78, 5) is 34.9. The summed E-state index contributed by atoms with van der Waals surface area (Å²) in [5.74, 6) is -3.39. The van der Waals surface area contributed by atoms with E-state index in [4.69, 9.17) is 16.7 Å². The van der Waals surface area contributed by atoms with Crippen molar-refractivity contribution >= 4 is 35.1 Å². The molecule has 0 saturated carbocycles. The molecule has 0 bridgehead atoms. The summed E-state index contributed by atoms with van der Waals surface area (Å²) in [6, 6.07) is 10.7. The average molecular weight is 415 g/mol. The van der Waals surface area contributed by atoms with Gasteiger partial charge in [-0.25, -0.2) is 14.3 Å². The van der Waals surface area contributed by atoms with Crippen LogP contribution in [-0.4, -0.2) is 43.1 Å². The largest absolute Gasteiger partial charge is 0.478 e. The molecule has 3 aromatic rings. The van der Waals surface area contributed by atoms with E-state index < -0.39 is 23.4 Å². The Hall–Kier alpha value is -3.72. The molecule has 10 heteroatoms. The lowest BCUT2D eigenvalue weighted by molar-refractivity contribution is 0.0651. The first kappa shape index (κ1) is 20.0. The van der Waals surface area contributed by atoms with Gasteiger partial charge in [-0.15, -0.1) is 5.10 Å². The van der Waals surface area contributed by atoms with Gasteiger partial charge in [0.1, 0.15) is 0 Å². The fourth-order valence-electron chi connectivity index (χ4n) is 2.70. The molecule has 29 heavy (non-hydrogen) atoms. The van der Waals surface area contributed by atoms with E-state index in [9.17, 15) is 19.5 Å². The number of carbonyl (C=O) groups is 3. The van der Waals surface area contributed by atoms with Gasteiger partial charge < -0.3 is 15.5 Å². The average Bonchev–Trinajstić information content (AvgIpc) is 3.02. The highest BCUT2D eigenvalue weighted by Gasteiger charge is 2.20. The second-order valence-corrected chi connectivity index (χ2v) is 6.57. The second-order valence-electron chi connectivity index (χ2n) is 6.14. The van der Waals surface area contributed by atoms with Crippen molar-refractivity contribution in [2.24, 2.45) is 0 Å². The monoisotopic (exact) mass is 414 g/mol. The van der Waals surface area contributed by atoms with Gasteiger partial charge in [-0.05, 0) is 42.8 Å². The SMILES string of the molecule is Cc1c(C(=O)Nc2ccc(C(=O)O)c(C(=O)O)c2)nnn1Cc1cccc(Cl)c1. The Balaban J connectivity index is 1.81. The first-order chi connectivity index (χ1) is 13.8. The third kappa shape index (κ3) is 4.41. The molecule has 1 heterocycles. The van der Waals surface area contributed by atoms with Crippen molar-refractivity contribution in [3.63, 3.8) is 0 Å². The van der Waals surface area contributed by atoms with Crippen LogP contribution < -0.4 is 5.32 Å². The van der Waals surface area contributed by atoms with E-state index in [-0.39, 0.29) is 16.9 Å². The van der Waals surface area contributed by atoms with Gasteiger partial charge in [0.2, 0.25) is 0 Å². The number of nitrogens with zero attached hydrogens (tertiary/aromatic N) is 3. The first-order valence-corrected chi connectivity index (χ1v) is 8.70. The summed E-state index contributed by atoms with van der Waals surface area (Å²) in [6.45, 7) is 2.04. The zero-order valence-corrected chi connectivity index (χ0v) is 15.8. The van der Waals surface area contributed by atoms with Gasteiger partial charge in [0.05, 0.1) is 23.4 Å². The third-order valence-corrected chi connectivity index (χ3v) is 4.39. The molecule has 0 aliphatic rings. The number of aromatic carboxylic acids is 2. The minimum absolute atomic E-state index is 0.0613. The Labute approximate surface area is 169 Å². The molecule has 9 nitrogen and oxygen atoms in total. The minimum atomic E-state index is -1.41. The van der Waals surface area contributed by atoms with E-state index in [1.54, 1.807) is 25.1 Å². The highest BCUT2D eigenvalue weighted by Crippen LogP contribution is 2.18. The summed E-state index contributed by atoms with van der Waals surface area (Å²) in [6.07, 6.45) is 0. The van der Waals surface area contributed by atoms with E-state index in [0.717, 1.165) is 17.7 Å². The van der Waals surface area contributed by atoms with Crippen LogP contribution in [0.5, 0.6) is 0 Å². The van der Waals surface area contributed by atoms with E-state index in [2.05, 4.69) is 15.6 Å². The Bertz CT molecular complexity index is 1130. The molecule has 0 spiro atoms. The van der Waals surface area contributed by atoms with Gasteiger partial charge >= 0.3 is 11.9 Å². The van der Waals surface area contributed by atoms with Crippen LogP contribution in [0, 0.1) is 6.92 Å². The van der Waals surface area contributed by atoms with Gasteiger partial charge in [-0.2, -0.15) is 0 Å². The quantitative estimate of drug-likeness (QED) is 0.564. The summed E-state index contributed by atoms with van der Waals surface area (Å²) >= 11 is 5.97. The number of aromatic nitrogens is 3. The predicted octanol–water partition coefficient (Wildman–Crippen LogP) is 2.94. The number of hydrogen-bond acceptors (Lipinski definition) is 5. The number of carboxylic acid groups (broad SMARTS) is 2. The Morgan fingerprint density at radius 1 is 1.07 bits per heavy atom. The topological polar surface area (TPSA) is 134 Å². The highest BCUT2D eigenvalue weighted by atomic mass is 35.5. The number of halogens is 1. The van der Waals surface area contributed by atoms with Crippen LogP contribution in [0.2, 0.25) is 5.02 Å². The van der Waals surface area contributed by atoms with Crippen molar-refractivity contribution in [2.45, 2.75) is 13.5 Å². The summed E-state index contributed by atoms with van der Waals surface area (Å²) in [7, 11) is 0. The maximum atomic E-state index is 12.5. The molecule has 1 aromatic heterocycles. The standard InChI is InChI=1S/C19H15ClN4O5/c1-10-16(22-23-24(10)9-11-3-2-4-12(20)7-11)17(25)21-13-5-6-14(18(26)27)15(8-13)19(28)29/h2-8H,9H2,1H3,(H,21,25)(H,26,27)(H,28,29). The number of rotatable bonds is 6. The summed E-state index contributed by atoms with van der Waals surface area (Å²) < 4.78 is 1.54. The number of anilines is 1. The molecular weight excluding hydrogens is 400 g/mol. The second kappa shape index (κ2) is 8.11. The van der Waals surface area contributed by atoms with Gasteiger partial charge in [-0.3, -0.25) is 4.79 Å². The maximum Gasteiger partial charge on any atom is 0.336 e. The lowest BCUT2D eigenvalue weighted by atomic mass is 10.1. The zero-order valence-electron chi connectivity index (χ0n) is 15.1. The van der Waals surface area contributed by atoms with E-state index in [1.807, 2.05) is 6.07 Å². The van der Waals surface area contributed by atoms with Crippen LogP contribution in [0.3, 0.4) is 0 Å². The Morgan fingerprint density at radius 3 is 2.45 bits per heavy atom. The van der Waals surface area contributed by atoms with Crippen molar-refractivity contribution in [3.8, 4) is 0 Å². The minimum Gasteiger partial charge on any atom is -0.478 e. The molecule has 0 fully saturated rings. The number of amides is 1. The fraction of sp³-hybridized carbons (Fsp3) is 0.105. The molecular formula is C19H15ClN4O5. The molecule has 3 rings (SSSR count). The normalized spacial score (nSPS) is 10.6. The van der Waals surface area contributed by atoms with Crippen molar-refractivity contribution < 1.29 is 24.6 Å². The lowest BCUT2D eigenvalue weighted by Gasteiger charge is -2.08. The molecule has 1 amide bonds. The van der Waals surface area contributed by atoms with Gasteiger partial charge in [0, 0.05) is 10.7 Å². The van der Waals surface area contributed by atoms with Crippen LogP contribution in [0.25, 0.3) is 0 Å². The molecule has 148 valence electrons. The van der Waals surface area contributed by atoms with Crippen molar-refractivity contribution in [3.05, 3.63) is 75.6 Å². The molecule has 0 aliphatic heterocycles. The van der Waals surface area contributed by atoms with Gasteiger partial charge in [-0.1, -0.05) is 28.9 Å². The number of hydrogen-bond donors (Lipinski definition) is 3. The predicted molar refractivity (Wildman–Crippen MR) is 104 cm³/mol. The van der Waals surface area contributed by atoms with Crippen molar-refractivity contribution in [1.82, 2.24) is 15.0 Å². The fourth-order valence-corrected chi connectivity index (χ4v) is 2.92. The number of benzene rings is 2. The Kier molecular flexibility index (Phi) is 5.60. The molecule has 3 N–H and O–H groups in total. The van der Waals surface area contributed by atoms with Crippen LogP contribution in [0.15, 0.2) is 42.5 Å². The van der Waals surface area contributed by atoms with Crippen molar-refractivity contribution in [2.75, 3.05) is 5.32 Å². The number of carbonyl (C=O) groups excluding carboxylic acids is 1. The smallest absolute Gasteiger partial charge is 0.336 e. The summed E-state index contributed by atoms with van der Waals surface area (Å²) in [5.41, 5.74) is 0.763. The number of carboxylic acids is 2. The number of nitrogens with one attached hydrogen (secondary N) is 1. The van der Waals surface area contributed by atoms with E-state index in [1.165, 1.54) is 10.7 Å². The lowest BCUT2D eigenvalue weighted by Crippen LogP contribution is -2.16. The molecule has 0 saturated heterocycles. The van der Waals surface area contributed by atoms with Crippen molar-refractivity contribution in [1.29, 1.82) is 0 Å². The van der Waals surface area contributed by atoms with Gasteiger partial charge in [0.15, 0.2) is 5.69 Å². The van der Waals surface area contributed by atoms with Crippen LogP contribution in [-0.2, 0) is 6.54 Å². The molecule has 0 unspecified atom stereocenters. The van der Waals surface area contributed by atoms with Gasteiger partial charge in [0.25, 0.3) is 5.91 Å².